The van der Waals surface area contributed by atoms with E-state index in [4.69, 9.17) is 5.73 Å². The minimum atomic E-state index is 0.429. The van der Waals surface area contributed by atoms with Crippen LogP contribution in [0.5, 0.6) is 0 Å². The Balaban J connectivity index is 1.97. The van der Waals surface area contributed by atoms with Crippen LogP contribution >= 0.6 is 0 Å². The van der Waals surface area contributed by atoms with Crippen LogP contribution in [0.15, 0.2) is 12.4 Å². The van der Waals surface area contributed by atoms with Gasteiger partial charge in [0.1, 0.15) is 0 Å². The molecule has 1 heterocycles. The van der Waals surface area contributed by atoms with Gasteiger partial charge in [-0.25, -0.2) is 0 Å². The van der Waals surface area contributed by atoms with Gasteiger partial charge in [-0.2, -0.15) is 5.10 Å². The second-order valence-corrected chi connectivity index (χ2v) is 6.46. The fourth-order valence-electron chi connectivity index (χ4n) is 3.12. The molecule has 0 saturated heterocycles. The van der Waals surface area contributed by atoms with Crippen LogP contribution in [0.4, 0.5) is 0 Å². The second kappa shape index (κ2) is 7.23. The van der Waals surface area contributed by atoms with Gasteiger partial charge >= 0.3 is 0 Å². The predicted molar refractivity (Wildman–Crippen MR) is 83.5 cm³/mol. The zero-order valence-electron chi connectivity index (χ0n) is 13.3. The first kappa shape index (κ1) is 15.5. The lowest BCUT2D eigenvalue weighted by Crippen LogP contribution is -2.40. The predicted octanol–water partition coefficient (Wildman–Crippen LogP) is 2.95. The minimum Gasteiger partial charge on any atom is -0.328 e. The van der Waals surface area contributed by atoms with Gasteiger partial charge < -0.3 is 5.73 Å². The lowest BCUT2D eigenvalue weighted by molar-refractivity contribution is 0.142. The van der Waals surface area contributed by atoms with Crippen LogP contribution < -0.4 is 5.73 Å². The Hall–Kier alpha value is -0.870. The lowest BCUT2D eigenvalue weighted by Gasteiger charge is -2.35. The van der Waals surface area contributed by atoms with Crippen molar-refractivity contribution in [2.75, 3.05) is 6.54 Å². The molecule has 0 bridgehead atoms. The lowest BCUT2D eigenvalue weighted by atomic mass is 9.90. The largest absolute Gasteiger partial charge is 0.328 e. The first-order chi connectivity index (χ1) is 9.60. The van der Waals surface area contributed by atoms with Crippen molar-refractivity contribution >= 4 is 0 Å². The molecule has 1 fully saturated rings. The third-order valence-electron chi connectivity index (χ3n) is 4.34. The molecule has 0 atom stereocenters. The molecular weight excluding hydrogens is 248 g/mol. The first-order valence-corrected chi connectivity index (χ1v) is 8.12. The first-order valence-electron chi connectivity index (χ1n) is 8.12. The van der Waals surface area contributed by atoms with E-state index in [2.05, 4.69) is 41.6 Å². The highest BCUT2D eigenvalue weighted by atomic mass is 15.3. The summed E-state index contributed by atoms with van der Waals surface area (Å²) >= 11 is 0. The van der Waals surface area contributed by atoms with E-state index in [0.717, 1.165) is 6.54 Å². The highest BCUT2D eigenvalue weighted by molar-refractivity contribution is 5.05. The summed E-state index contributed by atoms with van der Waals surface area (Å²) in [4.78, 5) is 2.63. The van der Waals surface area contributed by atoms with Crippen molar-refractivity contribution in [3.05, 3.63) is 18.0 Å². The van der Waals surface area contributed by atoms with Crippen LogP contribution in [0, 0.1) is 0 Å². The van der Waals surface area contributed by atoms with Gasteiger partial charge in [0.15, 0.2) is 0 Å². The maximum atomic E-state index is 6.03. The van der Waals surface area contributed by atoms with Gasteiger partial charge in [0, 0.05) is 36.4 Å². The third kappa shape index (κ3) is 4.06. The molecule has 1 aromatic heterocycles. The van der Waals surface area contributed by atoms with E-state index in [0.29, 0.717) is 18.1 Å². The molecule has 20 heavy (non-hydrogen) atoms. The summed E-state index contributed by atoms with van der Waals surface area (Å²) in [5.41, 5.74) is 7.36. The number of hydrogen-bond donors (Lipinski definition) is 1. The molecule has 1 aromatic rings. The zero-order chi connectivity index (χ0) is 14.5. The average Bonchev–Trinajstić information content (AvgIpc) is 2.88. The summed E-state index contributed by atoms with van der Waals surface area (Å²) in [6.45, 7) is 8.80. The van der Waals surface area contributed by atoms with E-state index < -0.39 is 0 Å². The number of aromatic nitrogens is 2. The summed E-state index contributed by atoms with van der Waals surface area (Å²) in [7, 11) is 0. The van der Waals surface area contributed by atoms with Crippen molar-refractivity contribution in [1.29, 1.82) is 0 Å². The van der Waals surface area contributed by atoms with E-state index in [1.165, 1.54) is 44.2 Å². The molecule has 0 aliphatic heterocycles. The number of rotatable bonds is 6. The van der Waals surface area contributed by atoms with E-state index in [1.807, 2.05) is 6.20 Å². The van der Waals surface area contributed by atoms with Crippen molar-refractivity contribution < 1.29 is 0 Å². The smallest absolute Gasteiger partial charge is 0.0534 e. The molecular formula is C16H30N4. The summed E-state index contributed by atoms with van der Waals surface area (Å²) in [6, 6.07) is 1.58. The standard InChI is InChI=1S/C16H30N4/c1-4-9-19(16-7-5-15(17)6-8-16)11-14-10-18-20(12-14)13(2)3/h10,12-13,15-16H,4-9,11,17H2,1-3H3. The molecule has 2 rings (SSSR count). The Morgan fingerprint density at radius 2 is 2.05 bits per heavy atom. The van der Waals surface area contributed by atoms with Crippen LogP contribution in [0.25, 0.3) is 0 Å². The van der Waals surface area contributed by atoms with Crippen LogP contribution in [0.2, 0.25) is 0 Å². The SMILES string of the molecule is CCCN(Cc1cnn(C(C)C)c1)C1CCC(N)CC1. The van der Waals surface area contributed by atoms with Crippen molar-refractivity contribution in [2.45, 2.75) is 77.5 Å². The minimum absolute atomic E-state index is 0.429. The van der Waals surface area contributed by atoms with Crippen LogP contribution in [-0.4, -0.2) is 33.3 Å². The molecule has 0 radical (unpaired) electrons. The average molecular weight is 278 g/mol. The Kier molecular flexibility index (Phi) is 5.61. The fraction of sp³-hybridized carbons (Fsp3) is 0.812. The highest BCUT2D eigenvalue weighted by Gasteiger charge is 2.24. The van der Waals surface area contributed by atoms with Gasteiger partial charge in [0.25, 0.3) is 0 Å². The van der Waals surface area contributed by atoms with Crippen molar-refractivity contribution in [1.82, 2.24) is 14.7 Å². The molecule has 0 spiro atoms. The quantitative estimate of drug-likeness (QED) is 0.870. The van der Waals surface area contributed by atoms with Gasteiger partial charge in [0.2, 0.25) is 0 Å². The van der Waals surface area contributed by atoms with Crippen molar-refractivity contribution in [2.24, 2.45) is 5.73 Å². The zero-order valence-corrected chi connectivity index (χ0v) is 13.3. The van der Waals surface area contributed by atoms with Gasteiger partial charge in [-0.05, 0) is 52.5 Å². The third-order valence-corrected chi connectivity index (χ3v) is 4.34. The Morgan fingerprint density at radius 1 is 1.35 bits per heavy atom. The molecule has 4 nitrogen and oxygen atoms in total. The van der Waals surface area contributed by atoms with Crippen molar-refractivity contribution in [3.8, 4) is 0 Å². The van der Waals surface area contributed by atoms with E-state index in [-0.39, 0.29) is 0 Å². The molecule has 1 saturated carbocycles. The Morgan fingerprint density at radius 3 is 2.60 bits per heavy atom. The number of nitrogens with zero attached hydrogens (tertiary/aromatic N) is 3. The van der Waals surface area contributed by atoms with Crippen LogP contribution in [0.3, 0.4) is 0 Å². The molecule has 0 amide bonds. The molecule has 0 aromatic carbocycles. The Labute approximate surface area is 123 Å². The second-order valence-electron chi connectivity index (χ2n) is 6.46. The van der Waals surface area contributed by atoms with E-state index in [1.54, 1.807) is 0 Å². The maximum Gasteiger partial charge on any atom is 0.0534 e. The van der Waals surface area contributed by atoms with Gasteiger partial charge in [-0.1, -0.05) is 6.92 Å². The van der Waals surface area contributed by atoms with Crippen molar-refractivity contribution in [3.63, 3.8) is 0 Å². The summed E-state index contributed by atoms with van der Waals surface area (Å²) in [5.74, 6) is 0. The molecule has 2 N–H and O–H groups in total. The molecule has 1 aliphatic carbocycles. The van der Waals surface area contributed by atoms with Gasteiger partial charge in [0.05, 0.1) is 6.20 Å². The maximum absolute atomic E-state index is 6.03. The molecule has 4 heteroatoms. The Bertz CT molecular complexity index is 391. The monoisotopic (exact) mass is 278 g/mol. The normalized spacial score (nSPS) is 23.7. The molecule has 1 aliphatic rings. The number of nitrogens with two attached hydrogens (primary N) is 1. The van der Waals surface area contributed by atoms with Crippen LogP contribution in [0.1, 0.15) is 64.5 Å². The topological polar surface area (TPSA) is 47.1 Å². The van der Waals surface area contributed by atoms with Gasteiger partial charge in [-0.3, -0.25) is 9.58 Å². The summed E-state index contributed by atoms with van der Waals surface area (Å²) in [5, 5.41) is 4.46. The van der Waals surface area contributed by atoms with Gasteiger partial charge in [-0.15, -0.1) is 0 Å². The van der Waals surface area contributed by atoms with E-state index >= 15 is 0 Å². The molecule has 114 valence electrons. The van der Waals surface area contributed by atoms with E-state index in [9.17, 15) is 0 Å². The number of hydrogen-bond acceptors (Lipinski definition) is 3. The van der Waals surface area contributed by atoms with Crippen LogP contribution in [-0.2, 0) is 6.54 Å². The highest BCUT2D eigenvalue weighted by Crippen LogP contribution is 2.24. The summed E-state index contributed by atoms with van der Waals surface area (Å²) < 4.78 is 2.05. The fourth-order valence-corrected chi connectivity index (χ4v) is 3.12. The summed E-state index contributed by atoms with van der Waals surface area (Å²) in [6.07, 6.45) is 10.3. The molecule has 0 unspecified atom stereocenters.